The zero-order valence-corrected chi connectivity index (χ0v) is 10.1. The molecular formula is C9H15N3O3S. The van der Waals surface area contributed by atoms with Gasteiger partial charge in [-0.3, -0.25) is 0 Å². The van der Waals surface area contributed by atoms with Gasteiger partial charge in [0, 0.05) is 26.9 Å². The average molecular weight is 245 g/mol. The lowest BCUT2D eigenvalue weighted by molar-refractivity contribution is 0.185. The fourth-order valence-corrected chi connectivity index (χ4v) is 2.28. The van der Waals surface area contributed by atoms with Gasteiger partial charge in [-0.25, -0.2) is 13.4 Å². The highest BCUT2D eigenvalue weighted by Gasteiger charge is 2.23. The van der Waals surface area contributed by atoms with Crippen LogP contribution in [0.2, 0.25) is 0 Å². The number of rotatable bonds is 5. The molecule has 0 spiro atoms. The fourth-order valence-electron chi connectivity index (χ4n) is 1.11. The van der Waals surface area contributed by atoms with E-state index < -0.39 is 10.0 Å². The molecule has 1 aromatic rings. The van der Waals surface area contributed by atoms with E-state index in [0.29, 0.717) is 6.61 Å². The van der Waals surface area contributed by atoms with Gasteiger partial charge in [-0.15, -0.1) is 0 Å². The molecule has 0 atom stereocenters. The number of nitrogen functional groups attached to an aromatic ring is 1. The lowest BCUT2D eigenvalue weighted by atomic mass is 10.4. The first kappa shape index (κ1) is 12.9. The molecule has 0 saturated heterocycles. The summed E-state index contributed by atoms with van der Waals surface area (Å²) in [6, 6.07) is 3.09. The van der Waals surface area contributed by atoms with E-state index in [4.69, 9.17) is 10.5 Å². The molecule has 0 amide bonds. The second-order valence-electron chi connectivity index (χ2n) is 3.22. The van der Waals surface area contributed by atoms with Crippen LogP contribution in [0.25, 0.3) is 0 Å². The number of pyridine rings is 1. The number of hydrogen-bond acceptors (Lipinski definition) is 5. The number of sulfonamides is 1. The van der Waals surface area contributed by atoms with E-state index in [0.717, 1.165) is 4.31 Å². The van der Waals surface area contributed by atoms with Crippen LogP contribution >= 0.6 is 0 Å². The molecule has 16 heavy (non-hydrogen) atoms. The summed E-state index contributed by atoms with van der Waals surface area (Å²) in [5, 5.41) is -0.117. The highest BCUT2D eigenvalue weighted by atomic mass is 32.2. The average Bonchev–Trinajstić information content (AvgIpc) is 2.26. The standard InChI is InChI=1S/C9H15N3O3S/c1-12(6-7-15-2)16(13,14)9-8(10)4-3-5-11-9/h3-5H,6-7,10H2,1-2H3. The van der Waals surface area contributed by atoms with Crippen molar-refractivity contribution in [1.29, 1.82) is 0 Å². The molecule has 1 aromatic heterocycles. The minimum Gasteiger partial charge on any atom is -0.396 e. The molecule has 0 aliphatic heterocycles. The van der Waals surface area contributed by atoms with Gasteiger partial charge in [-0.1, -0.05) is 0 Å². The van der Waals surface area contributed by atoms with Crippen LogP contribution in [0, 0.1) is 0 Å². The number of nitrogens with zero attached hydrogens (tertiary/aromatic N) is 2. The van der Waals surface area contributed by atoms with E-state index >= 15 is 0 Å². The van der Waals surface area contributed by atoms with E-state index in [1.807, 2.05) is 0 Å². The SMILES string of the molecule is COCCN(C)S(=O)(=O)c1ncccc1N. The molecule has 1 heterocycles. The monoisotopic (exact) mass is 245 g/mol. The Kier molecular flexibility index (Phi) is 4.22. The van der Waals surface area contributed by atoms with E-state index in [9.17, 15) is 8.42 Å². The maximum absolute atomic E-state index is 12.0. The summed E-state index contributed by atoms with van der Waals surface area (Å²) in [5.41, 5.74) is 5.72. The zero-order valence-electron chi connectivity index (χ0n) is 9.25. The summed E-state index contributed by atoms with van der Waals surface area (Å²) in [6.45, 7) is 0.581. The third-order valence-electron chi connectivity index (χ3n) is 2.07. The van der Waals surface area contributed by atoms with Gasteiger partial charge in [0.1, 0.15) is 0 Å². The molecule has 0 aromatic carbocycles. The Balaban J connectivity index is 2.98. The number of aromatic nitrogens is 1. The van der Waals surface area contributed by atoms with Crippen molar-refractivity contribution in [1.82, 2.24) is 9.29 Å². The molecule has 0 fully saturated rings. The Morgan fingerprint density at radius 1 is 1.56 bits per heavy atom. The summed E-state index contributed by atoms with van der Waals surface area (Å²) >= 11 is 0. The van der Waals surface area contributed by atoms with E-state index in [1.54, 1.807) is 6.07 Å². The van der Waals surface area contributed by atoms with Gasteiger partial charge in [-0.2, -0.15) is 4.31 Å². The Morgan fingerprint density at radius 3 is 2.81 bits per heavy atom. The summed E-state index contributed by atoms with van der Waals surface area (Å²) < 4.78 is 30.0. The van der Waals surface area contributed by atoms with E-state index in [-0.39, 0.29) is 17.3 Å². The Hall–Kier alpha value is -1.18. The quantitative estimate of drug-likeness (QED) is 0.785. The number of likely N-dealkylation sites (N-methyl/N-ethyl adjacent to an activating group) is 1. The van der Waals surface area contributed by atoms with Crippen molar-refractivity contribution in [2.24, 2.45) is 0 Å². The smallest absolute Gasteiger partial charge is 0.262 e. The third kappa shape index (κ3) is 2.69. The molecule has 6 nitrogen and oxygen atoms in total. The first-order valence-electron chi connectivity index (χ1n) is 4.66. The maximum atomic E-state index is 12.0. The van der Waals surface area contributed by atoms with Crippen molar-refractivity contribution in [3.05, 3.63) is 18.3 Å². The number of nitrogens with two attached hydrogens (primary N) is 1. The summed E-state index contributed by atoms with van der Waals surface area (Å²) in [5.74, 6) is 0. The molecule has 90 valence electrons. The lowest BCUT2D eigenvalue weighted by Crippen LogP contribution is -2.31. The van der Waals surface area contributed by atoms with Crippen LogP contribution in [0.5, 0.6) is 0 Å². The van der Waals surface area contributed by atoms with Crippen LogP contribution < -0.4 is 5.73 Å². The molecule has 0 bridgehead atoms. The van der Waals surface area contributed by atoms with Crippen LogP contribution in [0.3, 0.4) is 0 Å². The lowest BCUT2D eigenvalue weighted by Gasteiger charge is -2.16. The Labute approximate surface area is 95.1 Å². The van der Waals surface area contributed by atoms with Crippen LogP contribution in [-0.4, -0.2) is 45.0 Å². The molecule has 0 unspecified atom stereocenters. The van der Waals surface area contributed by atoms with Crippen molar-refractivity contribution in [3.63, 3.8) is 0 Å². The van der Waals surface area contributed by atoms with Gasteiger partial charge in [-0.05, 0) is 12.1 Å². The molecule has 0 aliphatic rings. The van der Waals surface area contributed by atoms with Crippen molar-refractivity contribution >= 4 is 15.7 Å². The predicted molar refractivity (Wildman–Crippen MR) is 60.3 cm³/mol. The number of anilines is 1. The summed E-state index contributed by atoms with van der Waals surface area (Å²) in [4.78, 5) is 3.78. The van der Waals surface area contributed by atoms with Crippen molar-refractivity contribution < 1.29 is 13.2 Å². The summed E-state index contributed by atoms with van der Waals surface area (Å²) in [7, 11) is -0.654. The van der Waals surface area contributed by atoms with E-state index in [2.05, 4.69) is 4.98 Å². The van der Waals surface area contributed by atoms with Crippen LogP contribution in [0.4, 0.5) is 5.69 Å². The van der Waals surface area contributed by atoms with Gasteiger partial charge in [0.2, 0.25) is 0 Å². The Bertz CT molecular complexity index is 447. The second kappa shape index (κ2) is 5.24. The molecule has 0 aliphatic carbocycles. The highest BCUT2D eigenvalue weighted by molar-refractivity contribution is 7.89. The topological polar surface area (TPSA) is 85.5 Å². The molecular weight excluding hydrogens is 230 g/mol. The Morgan fingerprint density at radius 2 is 2.25 bits per heavy atom. The number of ether oxygens (including phenoxy) is 1. The normalized spacial score (nSPS) is 11.9. The van der Waals surface area contributed by atoms with Gasteiger partial charge in [0.25, 0.3) is 10.0 Å². The first-order chi connectivity index (χ1) is 7.50. The first-order valence-corrected chi connectivity index (χ1v) is 6.10. The van der Waals surface area contributed by atoms with Gasteiger partial charge in [0.15, 0.2) is 5.03 Å². The van der Waals surface area contributed by atoms with Crippen molar-refractivity contribution in [3.8, 4) is 0 Å². The second-order valence-corrected chi connectivity index (χ2v) is 5.18. The largest absolute Gasteiger partial charge is 0.396 e. The highest BCUT2D eigenvalue weighted by Crippen LogP contribution is 2.17. The minimum atomic E-state index is -3.62. The zero-order chi connectivity index (χ0) is 12.2. The van der Waals surface area contributed by atoms with Crippen LogP contribution in [0.15, 0.2) is 23.4 Å². The predicted octanol–water partition coefficient (Wildman–Crippen LogP) is -0.0693. The van der Waals surface area contributed by atoms with E-state index in [1.165, 1.54) is 26.4 Å². The number of methoxy groups -OCH3 is 1. The van der Waals surface area contributed by atoms with Crippen molar-refractivity contribution in [2.45, 2.75) is 5.03 Å². The third-order valence-corrected chi connectivity index (χ3v) is 3.90. The maximum Gasteiger partial charge on any atom is 0.262 e. The van der Waals surface area contributed by atoms with Crippen LogP contribution in [0.1, 0.15) is 0 Å². The molecule has 1 rings (SSSR count). The molecule has 0 saturated carbocycles. The fraction of sp³-hybridized carbons (Fsp3) is 0.444. The van der Waals surface area contributed by atoms with Crippen molar-refractivity contribution in [2.75, 3.05) is 33.0 Å². The minimum absolute atomic E-state index is 0.117. The number of hydrogen-bond donors (Lipinski definition) is 1. The van der Waals surface area contributed by atoms with Crippen LogP contribution in [-0.2, 0) is 14.8 Å². The van der Waals surface area contributed by atoms with Gasteiger partial charge >= 0.3 is 0 Å². The van der Waals surface area contributed by atoms with Gasteiger partial charge < -0.3 is 10.5 Å². The molecule has 2 N–H and O–H groups in total. The molecule has 0 radical (unpaired) electrons. The van der Waals surface area contributed by atoms with Gasteiger partial charge in [0.05, 0.1) is 12.3 Å². The summed E-state index contributed by atoms with van der Waals surface area (Å²) in [6.07, 6.45) is 1.40. The molecule has 7 heteroatoms.